The van der Waals surface area contributed by atoms with Gasteiger partial charge in [-0.05, 0) is 110 Å². The van der Waals surface area contributed by atoms with Crippen molar-refractivity contribution < 1.29 is 22.7 Å². The maximum atomic E-state index is 13.5. The second-order valence-electron chi connectivity index (χ2n) is 12.8. The van der Waals surface area contributed by atoms with Gasteiger partial charge in [-0.2, -0.15) is 0 Å². The van der Waals surface area contributed by atoms with Crippen LogP contribution >= 0.6 is 11.8 Å². The Morgan fingerprint density at radius 3 is 2.42 bits per heavy atom. The smallest absolute Gasteiger partial charge is 0.282 e. The van der Waals surface area contributed by atoms with Crippen LogP contribution in [0.4, 0.5) is 4.79 Å². The molecule has 4 unspecified atom stereocenters. The molecule has 2 aliphatic heterocycles. The van der Waals surface area contributed by atoms with Crippen LogP contribution in [0.25, 0.3) is 22.2 Å². The van der Waals surface area contributed by atoms with E-state index in [1.54, 1.807) is 31.4 Å². The van der Waals surface area contributed by atoms with Crippen LogP contribution in [-0.2, 0) is 10.0 Å². The predicted molar refractivity (Wildman–Crippen MR) is 199 cm³/mol. The van der Waals surface area contributed by atoms with Gasteiger partial charge in [0.1, 0.15) is 17.2 Å². The van der Waals surface area contributed by atoms with Gasteiger partial charge in [0.05, 0.1) is 28.5 Å². The monoisotopic (exact) mass is 705 g/mol. The van der Waals surface area contributed by atoms with E-state index in [1.165, 1.54) is 11.8 Å². The van der Waals surface area contributed by atoms with E-state index in [1.807, 2.05) is 90.7 Å². The SMILES string of the molecule is C=CC(CNS(=O)(=O)c1ccc(C)cc1)C1CCN2C(=O)SC(c3cc(-c4ccc(Oc5ccccc5)cc4)nc4ccc(OC)cc34)C2C1. The number of aryl methyl sites for hydroxylation is 1. The number of para-hydroxylation sites is 1. The highest BCUT2D eigenvalue weighted by Crippen LogP contribution is 2.51. The van der Waals surface area contributed by atoms with Crippen LogP contribution in [0.2, 0.25) is 0 Å². The molecule has 0 bridgehead atoms. The number of amides is 1. The molecule has 1 aromatic heterocycles. The zero-order valence-electron chi connectivity index (χ0n) is 28.0. The zero-order chi connectivity index (χ0) is 34.8. The van der Waals surface area contributed by atoms with Gasteiger partial charge in [0, 0.05) is 30.1 Å². The van der Waals surface area contributed by atoms with Crippen LogP contribution in [-0.4, -0.2) is 49.8 Å². The predicted octanol–water partition coefficient (Wildman–Crippen LogP) is 8.78. The van der Waals surface area contributed by atoms with Gasteiger partial charge < -0.3 is 14.4 Å². The molecule has 3 heterocycles. The number of rotatable bonds is 11. The second kappa shape index (κ2) is 14.3. The highest BCUT2D eigenvalue weighted by Gasteiger charge is 2.46. The molecule has 4 aromatic carbocycles. The molecule has 0 saturated carbocycles. The molecular weight excluding hydrogens is 667 g/mol. The summed E-state index contributed by atoms with van der Waals surface area (Å²) >= 11 is 1.36. The lowest BCUT2D eigenvalue weighted by Gasteiger charge is -2.39. The first-order valence-corrected chi connectivity index (χ1v) is 19.1. The van der Waals surface area contributed by atoms with E-state index in [0.29, 0.717) is 6.54 Å². The van der Waals surface area contributed by atoms with E-state index in [9.17, 15) is 13.2 Å². The summed E-state index contributed by atoms with van der Waals surface area (Å²) in [4.78, 5) is 20.8. The number of fused-ring (bicyclic) bond motifs is 2. The molecule has 5 aromatic rings. The highest BCUT2D eigenvalue weighted by atomic mass is 32.2. The highest BCUT2D eigenvalue weighted by molar-refractivity contribution is 8.14. The first kappa shape index (κ1) is 33.8. The van der Waals surface area contributed by atoms with E-state index >= 15 is 0 Å². The van der Waals surface area contributed by atoms with Gasteiger partial charge in [0.25, 0.3) is 5.24 Å². The number of hydrogen-bond donors (Lipinski definition) is 1. The van der Waals surface area contributed by atoms with Gasteiger partial charge in [0.15, 0.2) is 0 Å². The molecule has 256 valence electrons. The van der Waals surface area contributed by atoms with Crippen molar-refractivity contribution in [2.24, 2.45) is 11.8 Å². The number of pyridine rings is 1. The van der Waals surface area contributed by atoms with Gasteiger partial charge in [-0.3, -0.25) is 4.79 Å². The molecule has 10 heteroatoms. The Morgan fingerprint density at radius 1 is 0.980 bits per heavy atom. The summed E-state index contributed by atoms with van der Waals surface area (Å²) in [5, 5.41) is 0.847. The third kappa shape index (κ3) is 7.01. The third-order valence-electron chi connectivity index (χ3n) is 9.73. The number of ether oxygens (including phenoxy) is 2. The first-order valence-electron chi connectivity index (χ1n) is 16.7. The molecule has 0 aliphatic carbocycles. The number of benzene rings is 4. The fourth-order valence-electron chi connectivity index (χ4n) is 6.96. The summed E-state index contributed by atoms with van der Waals surface area (Å²) in [6.07, 6.45) is 3.35. The lowest BCUT2D eigenvalue weighted by molar-refractivity contribution is 0.135. The van der Waals surface area contributed by atoms with E-state index in [4.69, 9.17) is 14.5 Å². The van der Waals surface area contributed by atoms with Gasteiger partial charge in [-0.25, -0.2) is 18.1 Å². The lowest BCUT2D eigenvalue weighted by Crippen LogP contribution is -2.44. The number of carbonyl (C=O) groups excluding carboxylic acids is 1. The van der Waals surface area contributed by atoms with E-state index in [-0.39, 0.29) is 39.8 Å². The number of hydrogen-bond acceptors (Lipinski definition) is 7. The normalized spacial score (nSPS) is 19.6. The van der Waals surface area contributed by atoms with Crippen LogP contribution in [0.15, 0.2) is 121 Å². The van der Waals surface area contributed by atoms with Gasteiger partial charge >= 0.3 is 0 Å². The Hall–Kier alpha value is -4.64. The number of methoxy groups -OCH3 is 1. The summed E-state index contributed by atoms with van der Waals surface area (Å²) in [5.74, 6) is 2.25. The van der Waals surface area contributed by atoms with Crippen LogP contribution in [0.1, 0.15) is 29.2 Å². The summed E-state index contributed by atoms with van der Waals surface area (Å²) in [5.41, 5.74) is 4.57. The van der Waals surface area contributed by atoms with Gasteiger partial charge in [-0.1, -0.05) is 53.7 Å². The molecule has 50 heavy (non-hydrogen) atoms. The Labute approximate surface area is 297 Å². The summed E-state index contributed by atoms with van der Waals surface area (Å²) in [7, 11) is -2.03. The number of nitrogens with one attached hydrogen (secondary N) is 1. The zero-order valence-corrected chi connectivity index (χ0v) is 29.6. The molecule has 1 N–H and O–H groups in total. The van der Waals surface area contributed by atoms with Crippen molar-refractivity contribution in [3.05, 3.63) is 127 Å². The van der Waals surface area contributed by atoms with Crippen LogP contribution in [0.5, 0.6) is 17.2 Å². The Balaban J connectivity index is 1.17. The minimum atomic E-state index is -3.67. The molecule has 0 spiro atoms. The quantitative estimate of drug-likeness (QED) is 0.137. The average molecular weight is 706 g/mol. The molecule has 0 radical (unpaired) electrons. The van der Waals surface area contributed by atoms with Gasteiger partial charge in [0.2, 0.25) is 10.0 Å². The van der Waals surface area contributed by atoms with Crippen molar-refractivity contribution >= 4 is 37.9 Å². The van der Waals surface area contributed by atoms with Crippen molar-refractivity contribution in [2.75, 3.05) is 20.2 Å². The second-order valence-corrected chi connectivity index (χ2v) is 15.7. The average Bonchev–Trinajstić information content (AvgIpc) is 3.47. The number of aromatic nitrogens is 1. The third-order valence-corrected chi connectivity index (χ3v) is 12.4. The Kier molecular flexibility index (Phi) is 9.68. The maximum Gasteiger partial charge on any atom is 0.282 e. The minimum Gasteiger partial charge on any atom is -0.497 e. The maximum absolute atomic E-state index is 13.5. The summed E-state index contributed by atoms with van der Waals surface area (Å²) < 4.78 is 40.7. The van der Waals surface area contributed by atoms with E-state index < -0.39 is 10.0 Å². The summed E-state index contributed by atoms with van der Waals surface area (Å²) in [6, 6.07) is 32.3. The number of thioether (sulfide) groups is 1. The molecular formula is C40H39N3O5S2. The molecule has 4 atom stereocenters. The standard InChI is InChI=1S/C40H39N3O5S2/c1-4-27(25-41-50(45,46)33-17-10-26(2)11-18-33)29-20-21-43-38(22-29)39(49-40(43)44)35-24-37(42-36-19-16-32(47-3)23-34(35)36)28-12-14-31(15-13-28)48-30-8-6-5-7-9-30/h4-19,23-24,27,29,38-39,41H,1,20-22,25H2,2-3H3. The Bertz CT molecular complexity index is 2120. The van der Waals surface area contributed by atoms with Crippen LogP contribution in [0.3, 0.4) is 0 Å². The molecule has 2 fully saturated rings. The van der Waals surface area contributed by atoms with Crippen molar-refractivity contribution in [2.45, 2.75) is 36.0 Å². The number of sulfonamides is 1. The van der Waals surface area contributed by atoms with Crippen molar-refractivity contribution in [3.8, 4) is 28.5 Å². The van der Waals surface area contributed by atoms with Crippen molar-refractivity contribution in [1.29, 1.82) is 0 Å². The lowest BCUT2D eigenvalue weighted by atomic mass is 9.79. The molecule has 2 aliphatic rings. The van der Waals surface area contributed by atoms with Crippen molar-refractivity contribution in [1.82, 2.24) is 14.6 Å². The fourth-order valence-corrected chi connectivity index (χ4v) is 9.35. The number of piperidine rings is 1. The minimum absolute atomic E-state index is 0.0606. The van der Waals surface area contributed by atoms with Crippen molar-refractivity contribution in [3.63, 3.8) is 0 Å². The number of carbonyl (C=O) groups is 1. The van der Waals surface area contributed by atoms with E-state index in [2.05, 4.69) is 17.4 Å². The molecule has 2 saturated heterocycles. The molecule has 8 nitrogen and oxygen atoms in total. The topological polar surface area (TPSA) is 97.8 Å². The van der Waals surface area contributed by atoms with Gasteiger partial charge in [-0.15, -0.1) is 6.58 Å². The number of nitrogens with zero attached hydrogens (tertiary/aromatic N) is 2. The van der Waals surface area contributed by atoms with Crippen LogP contribution in [0, 0.1) is 18.8 Å². The fraction of sp³-hybridized carbons (Fsp3) is 0.250. The first-order chi connectivity index (χ1) is 24.2. The Morgan fingerprint density at radius 2 is 1.70 bits per heavy atom. The van der Waals surface area contributed by atoms with Crippen LogP contribution < -0.4 is 14.2 Å². The molecule has 1 amide bonds. The van der Waals surface area contributed by atoms with E-state index in [0.717, 1.165) is 63.4 Å². The molecule has 7 rings (SSSR count). The largest absolute Gasteiger partial charge is 0.497 e. The summed E-state index contributed by atoms with van der Waals surface area (Å²) in [6.45, 7) is 6.86.